The first-order chi connectivity index (χ1) is 7.56. The van der Waals surface area contributed by atoms with Crippen LogP contribution < -0.4 is 0 Å². The first kappa shape index (κ1) is 13.4. The van der Waals surface area contributed by atoms with Gasteiger partial charge in [-0.1, -0.05) is 12.2 Å². The summed E-state index contributed by atoms with van der Waals surface area (Å²) in [5, 5.41) is 9.26. The van der Waals surface area contributed by atoms with E-state index >= 15 is 0 Å². The number of rotatable bonds is 2. The molecular formula is C11H18NO3S-. The Labute approximate surface area is 99.1 Å². The van der Waals surface area contributed by atoms with E-state index in [1.54, 1.807) is 6.08 Å². The summed E-state index contributed by atoms with van der Waals surface area (Å²) in [7, 11) is 0. The number of hydrogen-bond donors (Lipinski definition) is 1. The lowest BCUT2D eigenvalue weighted by Gasteiger charge is -2.43. The Morgan fingerprint density at radius 3 is 2.56 bits per heavy atom. The Balaban J connectivity index is 3.13. The topological polar surface area (TPSA) is 63.6 Å². The predicted molar refractivity (Wildman–Crippen MR) is 62.9 cm³/mol. The van der Waals surface area contributed by atoms with E-state index in [2.05, 4.69) is 0 Å². The van der Waals surface area contributed by atoms with E-state index in [1.165, 1.54) is 4.31 Å². The second-order valence-electron chi connectivity index (χ2n) is 3.92. The van der Waals surface area contributed by atoms with Gasteiger partial charge in [-0.2, -0.15) is 0 Å². The summed E-state index contributed by atoms with van der Waals surface area (Å²) in [6.45, 7) is 5.54. The van der Waals surface area contributed by atoms with Crippen LogP contribution in [0.5, 0.6) is 0 Å². The van der Waals surface area contributed by atoms with Gasteiger partial charge in [-0.25, -0.2) is 0 Å². The molecule has 1 unspecified atom stereocenters. The summed E-state index contributed by atoms with van der Waals surface area (Å²) in [5.74, 6) is -0.0344. The molecule has 0 bridgehead atoms. The van der Waals surface area contributed by atoms with E-state index in [0.717, 1.165) is 17.7 Å². The Bertz CT molecular complexity index is 338. The van der Waals surface area contributed by atoms with Crippen molar-refractivity contribution >= 4 is 11.3 Å². The maximum Gasteiger partial charge on any atom is 0.0482 e. The predicted octanol–water partition coefficient (Wildman–Crippen LogP) is 1.33. The average molecular weight is 244 g/mol. The van der Waals surface area contributed by atoms with Gasteiger partial charge in [-0.3, -0.25) is 8.51 Å². The molecule has 1 rings (SSSR count). The van der Waals surface area contributed by atoms with Crippen LogP contribution in [0.1, 0.15) is 27.2 Å². The molecule has 0 aromatic rings. The standard InChI is InChI=1S/C11H19NO3S/c1-4-9-6-10(7-13)8(3)12(16(14)15)11(9)5-2/h4-5,8,10,13H,6-7H2,1-3H3,(H,14,15)/p-1/b9-4-,11-5+/t8-,10+/m1/s1. The van der Waals surface area contributed by atoms with Crippen molar-refractivity contribution in [3.63, 3.8) is 0 Å². The van der Waals surface area contributed by atoms with E-state index in [4.69, 9.17) is 0 Å². The molecular weight excluding hydrogens is 226 g/mol. The van der Waals surface area contributed by atoms with Crippen LogP contribution in [0.3, 0.4) is 0 Å². The van der Waals surface area contributed by atoms with E-state index in [-0.39, 0.29) is 18.6 Å². The highest BCUT2D eigenvalue weighted by molar-refractivity contribution is 7.76. The lowest BCUT2D eigenvalue weighted by Crippen LogP contribution is -2.44. The van der Waals surface area contributed by atoms with Gasteiger partial charge in [0.1, 0.15) is 0 Å². The zero-order valence-corrected chi connectivity index (χ0v) is 10.7. The largest absolute Gasteiger partial charge is 0.755 e. The van der Waals surface area contributed by atoms with Gasteiger partial charge < -0.3 is 9.66 Å². The number of hydrogen-bond acceptors (Lipinski definition) is 3. The average Bonchev–Trinajstić information content (AvgIpc) is 2.27. The summed E-state index contributed by atoms with van der Waals surface area (Å²) in [4.78, 5) is 0. The summed E-state index contributed by atoms with van der Waals surface area (Å²) in [6, 6.07) is -0.196. The Kier molecular flexibility index (Phi) is 4.70. The molecule has 0 aromatic carbocycles. The molecule has 0 aromatic heterocycles. The summed E-state index contributed by atoms with van der Waals surface area (Å²) in [5.41, 5.74) is 1.71. The van der Waals surface area contributed by atoms with Crippen molar-refractivity contribution in [2.75, 3.05) is 6.61 Å². The lowest BCUT2D eigenvalue weighted by molar-refractivity contribution is 0.155. The maximum absolute atomic E-state index is 11.2. The Hall–Kier alpha value is -0.650. The molecule has 1 aliphatic rings. The molecule has 1 fully saturated rings. The molecule has 16 heavy (non-hydrogen) atoms. The molecule has 1 N–H and O–H groups in total. The van der Waals surface area contributed by atoms with Gasteiger partial charge in [-0.05, 0) is 32.8 Å². The fraction of sp³-hybridized carbons (Fsp3) is 0.636. The third kappa shape index (κ3) is 2.36. The number of piperidine rings is 1. The van der Waals surface area contributed by atoms with E-state index in [9.17, 15) is 13.9 Å². The van der Waals surface area contributed by atoms with Crippen LogP contribution in [0.15, 0.2) is 23.4 Å². The van der Waals surface area contributed by atoms with Crippen molar-refractivity contribution in [3.8, 4) is 0 Å². The molecule has 1 aliphatic heterocycles. The number of allylic oxidation sites excluding steroid dienone is 3. The number of aliphatic hydroxyl groups is 1. The number of aliphatic hydroxyl groups excluding tert-OH is 1. The lowest BCUT2D eigenvalue weighted by atomic mass is 9.87. The monoisotopic (exact) mass is 244 g/mol. The van der Waals surface area contributed by atoms with Gasteiger partial charge in [-0.15, -0.1) is 0 Å². The maximum atomic E-state index is 11.2. The van der Waals surface area contributed by atoms with Gasteiger partial charge in [0.05, 0.1) is 0 Å². The molecule has 0 saturated carbocycles. The van der Waals surface area contributed by atoms with Crippen LogP contribution in [0.2, 0.25) is 0 Å². The van der Waals surface area contributed by atoms with Crippen molar-refractivity contribution in [2.24, 2.45) is 5.92 Å². The van der Waals surface area contributed by atoms with Gasteiger partial charge in [0.2, 0.25) is 0 Å². The molecule has 5 heteroatoms. The molecule has 1 heterocycles. The van der Waals surface area contributed by atoms with E-state index in [0.29, 0.717) is 0 Å². The summed E-state index contributed by atoms with van der Waals surface area (Å²) in [6.07, 6.45) is 4.43. The van der Waals surface area contributed by atoms with Crippen LogP contribution >= 0.6 is 0 Å². The van der Waals surface area contributed by atoms with Gasteiger partial charge in [0.25, 0.3) is 0 Å². The fourth-order valence-electron chi connectivity index (χ4n) is 2.12. The highest BCUT2D eigenvalue weighted by Gasteiger charge is 2.32. The quantitative estimate of drug-likeness (QED) is 0.745. The van der Waals surface area contributed by atoms with Crippen molar-refractivity contribution in [2.45, 2.75) is 33.2 Å². The summed E-state index contributed by atoms with van der Waals surface area (Å²) >= 11 is -2.29. The fourth-order valence-corrected chi connectivity index (χ4v) is 2.95. The minimum atomic E-state index is -2.29. The van der Waals surface area contributed by atoms with Crippen LogP contribution in [0, 0.1) is 5.92 Å². The molecule has 1 saturated heterocycles. The second-order valence-corrected chi connectivity index (χ2v) is 4.75. The van der Waals surface area contributed by atoms with Crippen LogP contribution in [0.25, 0.3) is 0 Å². The molecule has 4 nitrogen and oxygen atoms in total. The minimum Gasteiger partial charge on any atom is -0.755 e. The first-order valence-electron chi connectivity index (χ1n) is 5.38. The SMILES string of the molecule is C/C=C1/C[C@@H](CO)[C@@H](C)N(S(=O)[O-])/C1=C/C. The third-order valence-electron chi connectivity index (χ3n) is 3.12. The highest BCUT2D eigenvalue weighted by atomic mass is 32.2. The normalized spacial score (nSPS) is 33.4. The van der Waals surface area contributed by atoms with Crippen LogP contribution in [-0.4, -0.2) is 30.8 Å². The Morgan fingerprint density at radius 2 is 2.19 bits per heavy atom. The molecule has 92 valence electrons. The molecule has 0 amide bonds. The van der Waals surface area contributed by atoms with Crippen LogP contribution in [-0.2, 0) is 11.3 Å². The summed E-state index contributed by atoms with van der Waals surface area (Å²) < 4.78 is 23.8. The second kappa shape index (κ2) is 5.61. The van der Waals surface area contributed by atoms with Gasteiger partial charge in [0.15, 0.2) is 0 Å². The van der Waals surface area contributed by atoms with Gasteiger partial charge in [0, 0.05) is 35.5 Å². The highest BCUT2D eigenvalue weighted by Crippen LogP contribution is 2.35. The molecule has 0 spiro atoms. The molecule has 3 atom stereocenters. The van der Waals surface area contributed by atoms with E-state index < -0.39 is 11.3 Å². The first-order valence-corrected chi connectivity index (χ1v) is 6.41. The van der Waals surface area contributed by atoms with Gasteiger partial charge >= 0.3 is 0 Å². The third-order valence-corrected chi connectivity index (χ3v) is 3.97. The van der Waals surface area contributed by atoms with Crippen molar-refractivity contribution < 1.29 is 13.9 Å². The van der Waals surface area contributed by atoms with E-state index in [1.807, 2.05) is 26.8 Å². The van der Waals surface area contributed by atoms with Crippen molar-refractivity contribution in [1.82, 2.24) is 4.31 Å². The zero-order valence-electron chi connectivity index (χ0n) is 9.84. The van der Waals surface area contributed by atoms with Crippen LogP contribution in [0.4, 0.5) is 0 Å². The van der Waals surface area contributed by atoms with Crippen molar-refractivity contribution in [1.29, 1.82) is 0 Å². The Morgan fingerprint density at radius 1 is 1.56 bits per heavy atom. The molecule has 0 radical (unpaired) electrons. The molecule has 0 aliphatic carbocycles. The smallest absolute Gasteiger partial charge is 0.0482 e. The zero-order chi connectivity index (χ0) is 12.3. The van der Waals surface area contributed by atoms with Crippen molar-refractivity contribution in [3.05, 3.63) is 23.4 Å². The number of nitrogens with zero attached hydrogens (tertiary/aromatic N) is 1. The minimum absolute atomic E-state index is 0.00318.